The molecule has 0 saturated heterocycles. The number of ether oxygens (including phenoxy) is 1. The van der Waals surface area contributed by atoms with E-state index in [1.54, 1.807) is 7.11 Å². The van der Waals surface area contributed by atoms with Gasteiger partial charge in [-0.3, -0.25) is 4.90 Å². The highest BCUT2D eigenvalue weighted by atomic mass is 16.5. The number of methoxy groups -OCH3 is 1. The van der Waals surface area contributed by atoms with Gasteiger partial charge in [-0.05, 0) is 50.1 Å². The number of hydrogen-bond acceptors (Lipinski definition) is 2. The lowest BCUT2D eigenvalue weighted by Crippen LogP contribution is -2.30. The molecule has 1 aromatic carbocycles. The third kappa shape index (κ3) is 3.26. The summed E-state index contributed by atoms with van der Waals surface area (Å²) in [4.78, 5) is 2.40. The molecule has 0 aromatic heterocycles. The molecule has 2 heteroatoms. The van der Waals surface area contributed by atoms with Crippen molar-refractivity contribution >= 4 is 0 Å². The van der Waals surface area contributed by atoms with Crippen molar-refractivity contribution < 1.29 is 4.74 Å². The second kappa shape index (κ2) is 6.79. The lowest BCUT2D eigenvalue weighted by Gasteiger charge is -2.32. The van der Waals surface area contributed by atoms with E-state index >= 15 is 0 Å². The van der Waals surface area contributed by atoms with Crippen LogP contribution in [0.1, 0.15) is 49.9 Å². The summed E-state index contributed by atoms with van der Waals surface area (Å²) in [6.45, 7) is 9.77. The highest BCUT2D eigenvalue weighted by molar-refractivity contribution is 5.44. The number of benzene rings is 1. The zero-order valence-corrected chi connectivity index (χ0v) is 12.7. The number of hydrogen-bond donors (Lipinski definition) is 0. The van der Waals surface area contributed by atoms with Crippen molar-refractivity contribution in [1.82, 2.24) is 4.90 Å². The van der Waals surface area contributed by atoms with E-state index in [1.807, 2.05) is 0 Å². The third-order valence-electron chi connectivity index (χ3n) is 3.50. The predicted octanol–water partition coefficient (Wildman–Crippen LogP) is 3.97. The van der Waals surface area contributed by atoms with Gasteiger partial charge >= 0.3 is 0 Å². The topological polar surface area (TPSA) is 12.5 Å². The van der Waals surface area contributed by atoms with Crippen LogP contribution in [0.5, 0.6) is 5.75 Å². The Bertz CT molecular complexity index is 387. The van der Waals surface area contributed by atoms with Crippen LogP contribution in [0.25, 0.3) is 0 Å². The molecule has 0 bridgehead atoms. The standard InChI is InChI=1S/C13H19NO.C3H8/c1-9-7-12-10(2)14(3)6-5-11(12)8-13(9)15-4;1-3-2/h7-8,10H,5-6H2,1-4H3;3H2,1-2H3/t10-;/m0./s1. The molecule has 1 aliphatic rings. The van der Waals surface area contributed by atoms with Crippen LogP contribution in [0.3, 0.4) is 0 Å². The van der Waals surface area contributed by atoms with Gasteiger partial charge in [0, 0.05) is 12.6 Å². The smallest absolute Gasteiger partial charge is 0.122 e. The minimum atomic E-state index is 0.526. The first kappa shape index (κ1) is 15.0. The summed E-state index contributed by atoms with van der Waals surface area (Å²) in [5, 5.41) is 0. The van der Waals surface area contributed by atoms with E-state index in [1.165, 1.54) is 23.1 Å². The molecule has 1 atom stereocenters. The Labute approximate surface area is 112 Å². The predicted molar refractivity (Wildman–Crippen MR) is 78.4 cm³/mol. The fourth-order valence-corrected chi connectivity index (χ4v) is 2.31. The van der Waals surface area contributed by atoms with Crippen LogP contribution in [0, 0.1) is 6.92 Å². The number of likely N-dealkylation sites (N-methyl/N-ethyl adjacent to an activating group) is 1. The summed E-state index contributed by atoms with van der Waals surface area (Å²) in [6.07, 6.45) is 2.38. The molecule has 0 N–H and O–H groups in total. The van der Waals surface area contributed by atoms with Gasteiger partial charge in [-0.15, -0.1) is 0 Å². The van der Waals surface area contributed by atoms with Crippen molar-refractivity contribution in [2.24, 2.45) is 0 Å². The molecule has 0 unspecified atom stereocenters. The first-order chi connectivity index (χ1) is 8.54. The number of fused-ring (bicyclic) bond motifs is 1. The van der Waals surface area contributed by atoms with E-state index in [9.17, 15) is 0 Å². The maximum Gasteiger partial charge on any atom is 0.122 e. The zero-order chi connectivity index (χ0) is 13.7. The molecule has 0 aliphatic carbocycles. The van der Waals surface area contributed by atoms with Crippen molar-refractivity contribution in [3.8, 4) is 5.75 Å². The number of rotatable bonds is 1. The quantitative estimate of drug-likeness (QED) is 0.746. The molecule has 0 amide bonds. The summed E-state index contributed by atoms with van der Waals surface area (Å²) in [7, 11) is 3.93. The molecular weight excluding hydrogens is 222 g/mol. The van der Waals surface area contributed by atoms with Crippen LogP contribution in [0.15, 0.2) is 12.1 Å². The molecule has 2 nitrogen and oxygen atoms in total. The minimum Gasteiger partial charge on any atom is -0.496 e. The van der Waals surface area contributed by atoms with E-state index in [-0.39, 0.29) is 0 Å². The summed E-state index contributed by atoms with van der Waals surface area (Å²) < 4.78 is 5.36. The van der Waals surface area contributed by atoms with E-state index in [2.05, 4.69) is 51.8 Å². The molecule has 18 heavy (non-hydrogen) atoms. The van der Waals surface area contributed by atoms with Crippen LogP contribution >= 0.6 is 0 Å². The van der Waals surface area contributed by atoms with E-state index < -0.39 is 0 Å². The highest BCUT2D eigenvalue weighted by Gasteiger charge is 2.21. The van der Waals surface area contributed by atoms with Gasteiger partial charge in [0.15, 0.2) is 0 Å². The summed E-state index contributed by atoms with van der Waals surface area (Å²) in [6, 6.07) is 5.00. The average Bonchev–Trinajstić information content (AvgIpc) is 2.35. The van der Waals surface area contributed by atoms with Crippen LogP contribution in [-0.2, 0) is 6.42 Å². The Morgan fingerprint density at radius 3 is 2.50 bits per heavy atom. The van der Waals surface area contributed by atoms with E-state index in [0.717, 1.165) is 18.7 Å². The largest absolute Gasteiger partial charge is 0.496 e. The molecule has 1 heterocycles. The Hall–Kier alpha value is -1.02. The van der Waals surface area contributed by atoms with Gasteiger partial charge in [0.05, 0.1) is 7.11 Å². The highest BCUT2D eigenvalue weighted by Crippen LogP contribution is 2.32. The fourth-order valence-electron chi connectivity index (χ4n) is 2.31. The van der Waals surface area contributed by atoms with Crippen molar-refractivity contribution in [1.29, 1.82) is 0 Å². The van der Waals surface area contributed by atoms with E-state index in [0.29, 0.717) is 6.04 Å². The maximum absolute atomic E-state index is 5.36. The van der Waals surface area contributed by atoms with Gasteiger partial charge < -0.3 is 4.74 Å². The molecule has 1 aromatic rings. The molecule has 1 aliphatic heterocycles. The van der Waals surface area contributed by atoms with Crippen LogP contribution in [0.4, 0.5) is 0 Å². The second-order valence-electron chi connectivity index (χ2n) is 5.13. The van der Waals surface area contributed by atoms with E-state index in [4.69, 9.17) is 4.74 Å². The lowest BCUT2D eigenvalue weighted by atomic mass is 9.92. The minimum absolute atomic E-state index is 0.526. The van der Waals surface area contributed by atoms with Crippen molar-refractivity contribution in [3.63, 3.8) is 0 Å². The van der Waals surface area contributed by atoms with Crippen molar-refractivity contribution in [3.05, 3.63) is 28.8 Å². The Kier molecular flexibility index (Phi) is 5.67. The second-order valence-corrected chi connectivity index (χ2v) is 5.13. The third-order valence-corrected chi connectivity index (χ3v) is 3.50. The molecule has 0 spiro atoms. The van der Waals surface area contributed by atoms with Gasteiger partial charge in [0.25, 0.3) is 0 Å². The lowest BCUT2D eigenvalue weighted by molar-refractivity contribution is 0.247. The van der Waals surface area contributed by atoms with Gasteiger partial charge in [0.2, 0.25) is 0 Å². The van der Waals surface area contributed by atoms with Gasteiger partial charge in [-0.1, -0.05) is 26.3 Å². The fraction of sp³-hybridized carbons (Fsp3) is 0.625. The molecular formula is C16H27NO. The number of nitrogens with zero attached hydrogens (tertiary/aromatic N) is 1. The Morgan fingerprint density at radius 1 is 1.33 bits per heavy atom. The molecule has 0 fully saturated rings. The summed E-state index contributed by atoms with van der Waals surface area (Å²) >= 11 is 0. The first-order valence-electron chi connectivity index (χ1n) is 6.92. The first-order valence-corrected chi connectivity index (χ1v) is 6.92. The van der Waals surface area contributed by atoms with Gasteiger partial charge in [-0.25, -0.2) is 0 Å². The van der Waals surface area contributed by atoms with Crippen molar-refractivity contribution in [2.75, 3.05) is 20.7 Å². The maximum atomic E-state index is 5.36. The summed E-state index contributed by atoms with van der Waals surface area (Å²) in [5.74, 6) is 1.02. The molecule has 102 valence electrons. The molecule has 2 rings (SSSR count). The number of aryl methyl sites for hydroxylation is 1. The molecule has 0 saturated carbocycles. The van der Waals surface area contributed by atoms with Gasteiger partial charge in [-0.2, -0.15) is 0 Å². The van der Waals surface area contributed by atoms with Crippen molar-refractivity contribution in [2.45, 2.75) is 46.6 Å². The Balaban J connectivity index is 0.000000492. The Morgan fingerprint density at radius 2 is 1.94 bits per heavy atom. The van der Waals surface area contributed by atoms with Crippen LogP contribution < -0.4 is 4.74 Å². The monoisotopic (exact) mass is 249 g/mol. The average molecular weight is 249 g/mol. The SMILES string of the molecule is CCC.COc1cc2c(cc1C)[C@H](C)N(C)CC2. The van der Waals surface area contributed by atoms with Crippen LogP contribution in [0.2, 0.25) is 0 Å². The normalized spacial score (nSPS) is 18.7. The van der Waals surface area contributed by atoms with Crippen LogP contribution in [-0.4, -0.2) is 25.6 Å². The zero-order valence-electron chi connectivity index (χ0n) is 12.7. The summed E-state index contributed by atoms with van der Waals surface area (Å²) in [5.41, 5.74) is 4.14. The van der Waals surface area contributed by atoms with Gasteiger partial charge in [0.1, 0.15) is 5.75 Å². The molecule has 0 radical (unpaired) electrons.